The summed E-state index contributed by atoms with van der Waals surface area (Å²) in [5.41, 5.74) is 2.08. The van der Waals surface area contributed by atoms with E-state index in [2.05, 4.69) is 5.10 Å². The number of ether oxygens (including phenoxy) is 2. The topological polar surface area (TPSA) is 65.7 Å². The van der Waals surface area contributed by atoms with Crippen LogP contribution >= 0.6 is 0 Å². The lowest BCUT2D eigenvalue weighted by Gasteiger charge is -2.12. The van der Waals surface area contributed by atoms with Gasteiger partial charge in [-0.3, -0.25) is 4.79 Å². The highest BCUT2D eigenvalue weighted by Gasteiger charge is 2.14. The Kier molecular flexibility index (Phi) is 5.89. The molecule has 0 N–H and O–H groups in total. The number of fused-ring (bicyclic) bond motifs is 1. The minimum Gasteiger partial charge on any atom is -0.493 e. The van der Waals surface area contributed by atoms with E-state index in [0.717, 1.165) is 5.56 Å². The van der Waals surface area contributed by atoms with Gasteiger partial charge in [0.25, 0.3) is 5.56 Å². The maximum Gasteiger partial charge on any atom is 0.282 e. The molecule has 0 saturated heterocycles. The van der Waals surface area contributed by atoms with Crippen LogP contribution in [0.15, 0.2) is 88.8 Å². The molecular weight excluding hydrogens is 390 g/mol. The highest BCUT2D eigenvalue weighted by Crippen LogP contribution is 2.31. The van der Waals surface area contributed by atoms with Crippen molar-refractivity contribution in [1.29, 1.82) is 0 Å². The summed E-state index contributed by atoms with van der Waals surface area (Å²) in [6.07, 6.45) is 5.28. The average Bonchev–Trinajstić information content (AvgIpc) is 2.83. The maximum atomic E-state index is 13.2. The van der Waals surface area contributed by atoms with Crippen molar-refractivity contribution in [2.75, 3.05) is 14.2 Å². The average molecular weight is 411 g/mol. The number of allylic oxidation sites excluding steroid dienone is 1. The van der Waals surface area contributed by atoms with Crippen LogP contribution in [0.3, 0.4) is 0 Å². The zero-order valence-electron chi connectivity index (χ0n) is 17.2. The highest BCUT2D eigenvalue weighted by molar-refractivity contribution is 5.81. The van der Waals surface area contributed by atoms with E-state index in [9.17, 15) is 4.79 Å². The summed E-state index contributed by atoms with van der Waals surface area (Å²) in [6.45, 7) is 0. The number of benzene rings is 3. The molecule has 6 heteroatoms. The third kappa shape index (κ3) is 4.23. The Bertz CT molecular complexity index is 1330. The van der Waals surface area contributed by atoms with Gasteiger partial charge in [-0.2, -0.15) is 9.78 Å². The summed E-state index contributed by atoms with van der Waals surface area (Å²) in [6, 6.07) is 22.5. The number of hydrogen-bond acceptors (Lipinski definition) is 5. The van der Waals surface area contributed by atoms with Crippen LogP contribution in [0.5, 0.6) is 11.5 Å². The van der Waals surface area contributed by atoms with Crippen LogP contribution < -0.4 is 15.0 Å². The standard InChI is InChI=1S/C25H21N3O3/c1-30-22-15-14-19(17-23(22)31-2)24-27-21-13-7-6-12-20(21)25(29)28(24)26-16-8-11-18-9-4-3-5-10-18/h3-17H,1-2H3/b11-8-,26-16?. The minimum absolute atomic E-state index is 0.250. The van der Waals surface area contributed by atoms with Crippen molar-refractivity contribution in [3.05, 3.63) is 94.8 Å². The Morgan fingerprint density at radius 2 is 1.65 bits per heavy atom. The molecule has 1 aromatic heterocycles. The first-order chi connectivity index (χ1) is 15.2. The lowest BCUT2D eigenvalue weighted by Crippen LogP contribution is -2.20. The zero-order chi connectivity index (χ0) is 21.6. The van der Waals surface area contributed by atoms with E-state index in [1.807, 2.05) is 60.7 Å². The Balaban J connectivity index is 1.83. The zero-order valence-corrected chi connectivity index (χ0v) is 17.2. The number of nitrogens with zero attached hydrogens (tertiary/aromatic N) is 3. The molecule has 4 aromatic rings. The molecule has 3 aromatic carbocycles. The first-order valence-corrected chi connectivity index (χ1v) is 9.71. The first kappa shape index (κ1) is 20.1. The van der Waals surface area contributed by atoms with Crippen LogP contribution in [0.1, 0.15) is 5.56 Å². The molecule has 0 unspecified atom stereocenters. The molecule has 154 valence electrons. The second-order valence-electron chi connectivity index (χ2n) is 6.67. The van der Waals surface area contributed by atoms with Gasteiger partial charge in [-0.1, -0.05) is 48.5 Å². The molecule has 6 nitrogen and oxygen atoms in total. The molecule has 1 heterocycles. The van der Waals surface area contributed by atoms with Gasteiger partial charge in [0.05, 0.1) is 25.1 Å². The maximum absolute atomic E-state index is 13.2. The molecule has 0 saturated carbocycles. The van der Waals surface area contributed by atoms with Crippen LogP contribution in [-0.2, 0) is 0 Å². The molecule has 0 fully saturated rings. The highest BCUT2D eigenvalue weighted by atomic mass is 16.5. The second-order valence-corrected chi connectivity index (χ2v) is 6.67. The van der Waals surface area contributed by atoms with Gasteiger partial charge < -0.3 is 9.47 Å². The predicted octanol–water partition coefficient (Wildman–Crippen LogP) is 4.63. The van der Waals surface area contributed by atoms with Crippen molar-refractivity contribution in [3.63, 3.8) is 0 Å². The van der Waals surface area contributed by atoms with Crippen molar-refractivity contribution in [2.24, 2.45) is 5.10 Å². The van der Waals surface area contributed by atoms with Crippen LogP contribution in [0, 0.1) is 0 Å². The molecule has 0 bridgehead atoms. The smallest absolute Gasteiger partial charge is 0.282 e. The summed E-state index contributed by atoms with van der Waals surface area (Å²) in [5, 5.41) is 4.90. The number of para-hydroxylation sites is 1. The van der Waals surface area contributed by atoms with E-state index in [1.165, 1.54) is 4.68 Å². The Morgan fingerprint density at radius 3 is 2.42 bits per heavy atom. The SMILES string of the molecule is COc1ccc(-c2nc3ccccc3c(=O)n2N=C/C=C\c2ccccc2)cc1OC. The van der Waals surface area contributed by atoms with Gasteiger partial charge in [0, 0.05) is 11.8 Å². The Morgan fingerprint density at radius 1 is 0.903 bits per heavy atom. The largest absolute Gasteiger partial charge is 0.493 e. The first-order valence-electron chi connectivity index (χ1n) is 9.71. The quantitative estimate of drug-likeness (QED) is 0.434. The third-order valence-electron chi connectivity index (χ3n) is 4.75. The normalized spacial score (nSPS) is 11.4. The van der Waals surface area contributed by atoms with Crippen molar-refractivity contribution in [2.45, 2.75) is 0 Å². The molecular formula is C25H21N3O3. The van der Waals surface area contributed by atoms with Gasteiger partial charge in [0.1, 0.15) is 0 Å². The monoisotopic (exact) mass is 411 g/mol. The Hall–Kier alpha value is -4.19. The minimum atomic E-state index is -0.250. The molecule has 0 radical (unpaired) electrons. The van der Waals surface area contributed by atoms with E-state index in [4.69, 9.17) is 14.5 Å². The van der Waals surface area contributed by atoms with E-state index in [0.29, 0.717) is 33.8 Å². The fourth-order valence-electron chi connectivity index (χ4n) is 3.22. The molecule has 0 amide bonds. The summed E-state index contributed by atoms with van der Waals surface area (Å²) in [4.78, 5) is 17.9. The van der Waals surface area contributed by atoms with Crippen molar-refractivity contribution in [1.82, 2.24) is 9.66 Å². The van der Waals surface area contributed by atoms with Crippen LogP contribution in [0.25, 0.3) is 28.4 Å². The van der Waals surface area contributed by atoms with Gasteiger partial charge in [-0.15, -0.1) is 0 Å². The predicted molar refractivity (Wildman–Crippen MR) is 124 cm³/mol. The van der Waals surface area contributed by atoms with Crippen molar-refractivity contribution in [3.8, 4) is 22.9 Å². The molecule has 0 aliphatic rings. The van der Waals surface area contributed by atoms with E-state index >= 15 is 0 Å². The lowest BCUT2D eigenvalue weighted by atomic mass is 10.1. The molecule has 31 heavy (non-hydrogen) atoms. The van der Waals surface area contributed by atoms with Gasteiger partial charge in [0.15, 0.2) is 17.3 Å². The number of hydrogen-bond donors (Lipinski definition) is 0. The summed E-state index contributed by atoms with van der Waals surface area (Å²) in [7, 11) is 3.14. The molecule has 0 aliphatic carbocycles. The molecule has 0 aliphatic heterocycles. The van der Waals surface area contributed by atoms with Crippen molar-refractivity contribution >= 4 is 23.2 Å². The fourth-order valence-corrected chi connectivity index (χ4v) is 3.22. The van der Waals surface area contributed by atoms with Crippen molar-refractivity contribution < 1.29 is 9.47 Å². The van der Waals surface area contributed by atoms with Gasteiger partial charge in [-0.05, 0) is 42.0 Å². The van der Waals surface area contributed by atoms with Gasteiger partial charge >= 0.3 is 0 Å². The fraction of sp³-hybridized carbons (Fsp3) is 0.0800. The van der Waals surface area contributed by atoms with E-state index < -0.39 is 0 Å². The number of rotatable bonds is 6. The van der Waals surface area contributed by atoms with Crippen LogP contribution in [0.4, 0.5) is 0 Å². The van der Waals surface area contributed by atoms with Gasteiger partial charge in [0.2, 0.25) is 0 Å². The number of methoxy groups -OCH3 is 2. The van der Waals surface area contributed by atoms with Crippen LogP contribution in [-0.4, -0.2) is 30.1 Å². The summed E-state index contributed by atoms with van der Waals surface area (Å²) < 4.78 is 12.0. The van der Waals surface area contributed by atoms with E-state index in [1.54, 1.807) is 44.7 Å². The molecule has 0 spiro atoms. The summed E-state index contributed by atoms with van der Waals surface area (Å²) in [5.74, 6) is 1.55. The second kappa shape index (κ2) is 9.09. The Labute approximate surface area is 179 Å². The van der Waals surface area contributed by atoms with Gasteiger partial charge in [-0.25, -0.2) is 4.98 Å². The molecule has 0 atom stereocenters. The lowest BCUT2D eigenvalue weighted by molar-refractivity contribution is 0.355. The van der Waals surface area contributed by atoms with Crippen LogP contribution in [0.2, 0.25) is 0 Å². The van der Waals surface area contributed by atoms with E-state index in [-0.39, 0.29) is 5.56 Å². The molecule has 4 rings (SSSR count). The number of aromatic nitrogens is 2. The summed E-state index contributed by atoms with van der Waals surface area (Å²) >= 11 is 0. The third-order valence-corrected chi connectivity index (χ3v) is 4.75.